The molecule has 0 radical (unpaired) electrons. The molecule has 2 saturated heterocycles. The second kappa shape index (κ2) is 9.59. The van der Waals surface area contributed by atoms with E-state index in [-0.39, 0.29) is 29.5 Å². The molecule has 5 atom stereocenters. The Kier molecular flexibility index (Phi) is 7.26. The van der Waals surface area contributed by atoms with E-state index in [2.05, 4.69) is 0 Å². The zero-order valence-electron chi connectivity index (χ0n) is 19.8. The third kappa shape index (κ3) is 5.10. The summed E-state index contributed by atoms with van der Waals surface area (Å²) in [6.45, 7) is 2.14. The lowest BCUT2D eigenvalue weighted by Crippen LogP contribution is -2.69. The first kappa shape index (κ1) is 25.7. The molecule has 4 rings (SSSR count). The van der Waals surface area contributed by atoms with Crippen molar-refractivity contribution in [3.63, 3.8) is 0 Å². The van der Waals surface area contributed by atoms with E-state index in [0.717, 1.165) is 24.2 Å². The molecule has 4 unspecified atom stereocenters. The fraction of sp³-hybridized carbons (Fsp3) is 0.913. The summed E-state index contributed by atoms with van der Waals surface area (Å²) >= 11 is 0. The number of halogens is 3. The minimum absolute atomic E-state index is 0.0647. The Hall–Kier alpha value is -1.36. The van der Waals surface area contributed by atoms with Crippen molar-refractivity contribution in [3.8, 4) is 0 Å². The molecule has 7 nitrogen and oxygen atoms in total. The molecular weight excluding hydrogens is 473 g/mol. The van der Waals surface area contributed by atoms with Crippen LogP contribution in [0.5, 0.6) is 0 Å². The Morgan fingerprint density at radius 3 is 2.15 bits per heavy atom. The first-order valence-electron chi connectivity index (χ1n) is 12.4. The van der Waals surface area contributed by atoms with E-state index in [1.807, 2.05) is 0 Å². The van der Waals surface area contributed by atoms with E-state index in [1.54, 1.807) is 11.8 Å². The zero-order valence-corrected chi connectivity index (χ0v) is 20.6. The largest absolute Gasteiger partial charge is 0.471 e. The van der Waals surface area contributed by atoms with Gasteiger partial charge in [0.1, 0.15) is 15.9 Å². The third-order valence-electron chi connectivity index (χ3n) is 8.47. The van der Waals surface area contributed by atoms with Crippen LogP contribution in [-0.4, -0.2) is 85.1 Å². The van der Waals surface area contributed by atoms with E-state index in [9.17, 15) is 31.2 Å². The van der Waals surface area contributed by atoms with Crippen molar-refractivity contribution in [1.29, 1.82) is 0 Å². The quantitative estimate of drug-likeness (QED) is 0.586. The number of amides is 2. The van der Waals surface area contributed by atoms with Crippen LogP contribution in [0.3, 0.4) is 0 Å². The first-order valence-corrected chi connectivity index (χ1v) is 14.3. The van der Waals surface area contributed by atoms with Gasteiger partial charge in [0.15, 0.2) is 0 Å². The van der Waals surface area contributed by atoms with Crippen LogP contribution in [0.2, 0.25) is 0 Å². The van der Waals surface area contributed by atoms with Gasteiger partial charge in [0.05, 0.1) is 17.3 Å². The normalized spacial score (nSPS) is 37.4. The highest BCUT2D eigenvalue weighted by Crippen LogP contribution is 2.44. The number of carbonyl (C=O) groups excluding carboxylic acids is 2. The van der Waals surface area contributed by atoms with Crippen LogP contribution in [-0.2, 0) is 24.2 Å². The molecular formula is C23H35F3N2O5S. The van der Waals surface area contributed by atoms with Crippen LogP contribution < -0.4 is 0 Å². The predicted octanol–water partition coefficient (Wildman–Crippen LogP) is 2.93. The van der Waals surface area contributed by atoms with Crippen molar-refractivity contribution >= 4 is 21.7 Å². The van der Waals surface area contributed by atoms with Gasteiger partial charge in [-0.15, -0.1) is 0 Å². The number of hydrogen-bond donors (Lipinski definition) is 0. The predicted molar refractivity (Wildman–Crippen MR) is 119 cm³/mol. The number of rotatable bonds is 3. The number of fused-ring (bicyclic) bond motifs is 1. The molecule has 2 saturated carbocycles. The van der Waals surface area contributed by atoms with E-state index in [4.69, 9.17) is 4.74 Å². The third-order valence-corrected chi connectivity index (χ3v) is 10.2. The number of ether oxygens (including phenoxy) is 1. The van der Waals surface area contributed by atoms with Crippen molar-refractivity contribution in [2.75, 3.05) is 19.4 Å². The van der Waals surface area contributed by atoms with Crippen LogP contribution in [0, 0.1) is 11.8 Å². The van der Waals surface area contributed by atoms with E-state index >= 15 is 0 Å². The molecule has 194 valence electrons. The molecule has 0 aromatic heterocycles. The van der Waals surface area contributed by atoms with Gasteiger partial charge in [-0.25, -0.2) is 8.42 Å². The first-order chi connectivity index (χ1) is 15.9. The fourth-order valence-electron chi connectivity index (χ4n) is 6.78. The Morgan fingerprint density at radius 2 is 1.59 bits per heavy atom. The summed E-state index contributed by atoms with van der Waals surface area (Å²) in [5.74, 6) is -1.53. The van der Waals surface area contributed by atoms with Crippen LogP contribution in [0.25, 0.3) is 0 Å². The summed E-state index contributed by atoms with van der Waals surface area (Å²) in [5.41, 5.74) is 0. The second-order valence-corrected chi connectivity index (χ2v) is 13.0. The molecule has 34 heavy (non-hydrogen) atoms. The Labute approximate surface area is 199 Å². The molecule has 2 aliphatic heterocycles. The average molecular weight is 509 g/mol. The van der Waals surface area contributed by atoms with Crippen LogP contribution >= 0.6 is 0 Å². The van der Waals surface area contributed by atoms with Crippen molar-refractivity contribution < 1.29 is 35.9 Å². The van der Waals surface area contributed by atoms with Crippen molar-refractivity contribution in [1.82, 2.24) is 9.80 Å². The molecule has 0 bridgehead atoms. The van der Waals surface area contributed by atoms with Crippen molar-refractivity contribution in [2.45, 2.75) is 100 Å². The number of hydrogen-bond acceptors (Lipinski definition) is 5. The maximum atomic E-state index is 13.4. The van der Waals surface area contributed by atoms with Gasteiger partial charge >= 0.3 is 12.1 Å². The molecule has 0 aromatic carbocycles. The van der Waals surface area contributed by atoms with E-state index < -0.39 is 46.2 Å². The smallest absolute Gasteiger partial charge is 0.368 e. The summed E-state index contributed by atoms with van der Waals surface area (Å²) in [4.78, 5) is 28.3. The van der Waals surface area contributed by atoms with Gasteiger partial charge in [-0.1, -0.05) is 0 Å². The van der Waals surface area contributed by atoms with Gasteiger partial charge < -0.3 is 14.5 Å². The van der Waals surface area contributed by atoms with Gasteiger partial charge in [-0.3, -0.25) is 9.59 Å². The molecule has 11 heteroatoms. The topological polar surface area (TPSA) is 84.0 Å². The lowest BCUT2D eigenvalue weighted by atomic mass is 9.69. The van der Waals surface area contributed by atoms with Crippen LogP contribution in [0.1, 0.15) is 64.7 Å². The maximum Gasteiger partial charge on any atom is 0.471 e. The molecule has 0 aromatic rings. The highest BCUT2D eigenvalue weighted by Gasteiger charge is 2.54. The summed E-state index contributed by atoms with van der Waals surface area (Å²) in [6.07, 6.45) is 1.47. The molecule has 0 N–H and O–H groups in total. The van der Waals surface area contributed by atoms with Crippen LogP contribution in [0.15, 0.2) is 0 Å². The average Bonchev–Trinajstić information content (AvgIpc) is 3.31. The van der Waals surface area contributed by atoms with Gasteiger partial charge in [0.2, 0.25) is 0 Å². The van der Waals surface area contributed by atoms with E-state index in [1.165, 1.54) is 6.26 Å². The summed E-state index contributed by atoms with van der Waals surface area (Å²) in [6, 6.07) is -1.89. The Balaban J connectivity index is 1.54. The molecule has 2 aliphatic carbocycles. The minimum Gasteiger partial charge on any atom is -0.368 e. The van der Waals surface area contributed by atoms with Gasteiger partial charge in [-0.2, -0.15) is 13.2 Å². The molecule has 0 spiro atoms. The molecule has 2 heterocycles. The maximum absolute atomic E-state index is 13.4. The Bertz CT molecular complexity index is 882. The lowest BCUT2D eigenvalue weighted by molar-refractivity contribution is -0.199. The number of sulfone groups is 1. The monoisotopic (exact) mass is 508 g/mol. The number of carbonyl (C=O) groups is 2. The second-order valence-electron chi connectivity index (χ2n) is 10.6. The molecule has 4 fully saturated rings. The standard InChI is InChI=1S/C23H35F3N2O5S/c1-14-13-27(21(29)20-4-3-11-33-20)19-12-16(15-5-8-17(9-6-15)34(2,31)32)7-10-18(19)28(14)22(30)23(24,25)26/h14-20H,3-13H2,1-2H3/t14-,15?,16?,17?,18?,19?,20?/m0/s1. The van der Waals surface area contributed by atoms with Gasteiger partial charge in [0, 0.05) is 25.4 Å². The van der Waals surface area contributed by atoms with E-state index in [0.29, 0.717) is 45.1 Å². The zero-order chi connectivity index (χ0) is 24.8. The summed E-state index contributed by atoms with van der Waals surface area (Å²) in [7, 11) is -3.08. The molecule has 2 amide bonds. The highest BCUT2D eigenvalue weighted by atomic mass is 32.2. The molecule has 4 aliphatic rings. The lowest BCUT2D eigenvalue weighted by Gasteiger charge is -2.55. The summed E-state index contributed by atoms with van der Waals surface area (Å²) < 4.78 is 69.7. The van der Waals surface area contributed by atoms with Gasteiger partial charge in [0.25, 0.3) is 5.91 Å². The SMILES string of the molecule is C[C@H]1CN(C(=O)C2CCCO2)C2CC(C3CCC(S(C)(=O)=O)CC3)CCC2N1C(=O)C(F)(F)F. The highest BCUT2D eigenvalue weighted by molar-refractivity contribution is 7.91. The fourth-order valence-corrected chi connectivity index (χ4v) is 7.91. The summed E-state index contributed by atoms with van der Waals surface area (Å²) in [5, 5.41) is -0.326. The Morgan fingerprint density at radius 1 is 0.941 bits per heavy atom. The van der Waals surface area contributed by atoms with Crippen LogP contribution in [0.4, 0.5) is 13.2 Å². The number of alkyl halides is 3. The van der Waals surface area contributed by atoms with Gasteiger partial charge in [-0.05, 0) is 76.5 Å². The van der Waals surface area contributed by atoms with Crippen molar-refractivity contribution in [2.24, 2.45) is 11.8 Å². The minimum atomic E-state index is -4.96. The number of piperazine rings is 1. The van der Waals surface area contributed by atoms with Crippen molar-refractivity contribution in [3.05, 3.63) is 0 Å². The number of nitrogens with zero attached hydrogens (tertiary/aromatic N) is 2.